The molecule has 0 unspecified atom stereocenters. The van der Waals surface area contributed by atoms with Crippen molar-refractivity contribution in [3.05, 3.63) is 36.0 Å². The molecule has 2 aromatic rings. The number of rotatable bonds is 9. The van der Waals surface area contributed by atoms with Gasteiger partial charge in [-0.2, -0.15) is 11.8 Å². The number of benzene rings is 1. The van der Waals surface area contributed by atoms with Crippen LogP contribution in [0.5, 0.6) is 0 Å². The van der Waals surface area contributed by atoms with Crippen molar-refractivity contribution in [2.75, 3.05) is 12.0 Å². The van der Waals surface area contributed by atoms with Gasteiger partial charge in [0.25, 0.3) is 0 Å². The summed E-state index contributed by atoms with van der Waals surface area (Å²) in [6.07, 6.45) is 4.57. The predicted octanol–water partition coefficient (Wildman–Crippen LogP) is 2.16. The molecule has 0 spiro atoms. The number of carbonyl (C=O) groups is 2. The predicted molar refractivity (Wildman–Crippen MR) is 102 cm³/mol. The van der Waals surface area contributed by atoms with Crippen LogP contribution in [0, 0.1) is 0 Å². The topological polar surface area (TPSA) is 83.4 Å². The Hall–Kier alpha value is -1.70. The fourth-order valence-electron chi connectivity index (χ4n) is 2.75. The molecule has 25 heavy (non-hydrogen) atoms. The van der Waals surface area contributed by atoms with Crippen molar-refractivity contribution in [3.63, 3.8) is 0 Å². The van der Waals surface area contributed by atoms with E-state index in [1.165, 1.54) is 0 Å². The van der Waals surface area contributed by atoms with Gasteiger partial charge in [-0.25, -0.2) is 9.63 Å². The molecule has 0 aliphatic rings. The first-order valence-corrected chi connectivity index (χ1v) is 9.66. The van der Waals surface area contributed by atoms with E-state index in [2.05, 4.69) is 10.2 Å². The standard InChI is InChI=1S/C17H22ClN3O3S/c1-21-10-11(12-5-3-4-6-15(12)21)9-14(17(23)24)19-16(22)13(20-18)7-8-25-2/h3-6,10,13-14,20H,7-9H2,1-2H3,(H,19,22)(H,23,24)/t13-,14+/m0/s1. The summed E-state index contributed by atoms with van der Waals surface area (Å²) in [5.41, 5.74) is 1.90. The van der Waals surface area contributed by atoms with Crippen molar-refractivity contribution >= 4 is 46.3 Å². The highest BCUT2D eigenvalue weighted by Crippen LogP contribution is 2.21. The van der Waals surface area contributed by atoms with E-state index in [0.717, 1.165) is 22.2 Å². The van der Waals surface area contributed by atoms with Gasteiger partial charge in [0, 0.05) is 30.6 Å². The molecule has 2 rings (SSSR count). The number of aliphatic carboxylic acids is 1. The van der Waals surface area contributed by atoms with E-state index in [1.54, 1.807) is 11.8 Å². The second-order valence-electron chi connectivity index (χ2n) is 5.83. The van der Waals surface area contributed by atoms with E-state index in [-0.39, 0.29) is 6.42 Å². The number of nitrogens with one attached hydrogen (secondary N) is 2. The van der Waals surface area contributed by atoms with Gasteiger partial charge in [-0.05, 0) is 41.8 Å². The maximum Gasteiger partial charge on any atom is 0.326 e. The molecule has 0 bridgehead atoms. The molecular weight excluding hydrogens is 362 g/mol. The van der Waals surface area contributed by atoms with Gasteiger partial charge in [0.1, 0.15) is 12.1 Å². The van der Waals surface area contributed by atoms with Crippen LogP contribution in [0.1, 0.15) is 12.0 Å². The number of hydrogen-bond acceptors (Lipinski definition) is 4. The van der Waals surface area contributed by atoms with Crippen LogP contribution in [0.15, 0.2) is 30.5 Å². The number of amides is 1. The quantitative estimate of drug-likeness (QED) is 0.578. The molecule has 0 saturated heterocycles. The number of nitrogens with zero attached hydrogens (tertiary/aromatic N) is 1. The molecule has 1 heterocycles. The van der Waals surface area contributed by atoms with Crippen molar-refractivity contribution < 1.29 is 14.7 Å². The van der Waals surface area contributed by atoms with Crippen LogP contribution < -0.4 is 10.2 Å². The largest absolute Gasteiger partial charge is 0.480 e. The third kappa shape index (κ3) is 4.90. The third-order valence-corrected chi connectivity index (χ3v) is 4.98. The van der Waals surface area contributed by atoms with Gasteiger partial charge in [0.15, 0.2) is 0 Å². The normalized spacial score (nSPS) is 13.6. The average Bonchev–Trinajstić information content (AvgIpc) is 2.91. The van der Waals surface area contributed by atoms with E-state index in [9.17, 15) is 14.7 Å². The SMILES string of the molecule is CSCC[C@H](NCl)C(=O)N[C@H](Cc1cn(C)c2ccccc12)C(=O)O. The first-order valence-electron chi connectivity index (χ1n) is 7.89. The summed E-state index contributed by atoms with van der Waals surface area (Å²) in [6.45, 7) is 0. The minimum atomic E-state index is -1.07. The van der Waals surface area contributed by atoms with Gasteiger partial charge in [-0.1, -0.05) is 18.2 Å². The number of carboxylic acid groups (broad SMARTS) is 1. The van der Waals surface area contributed by atoms with Crippen LogP contribution >= 0.6 is 23.5 Å². The van der Waals surface area contributed by atoms with E-state index in [0.29, 0.717) is 6.42 Å². The molecule has 0 aliphatic carbocycles. The lowest BCUT2D eigenvalue weighted by molar-refractivity contribution is -0.142. The second-order valence-corrected chi connectivity index (χ2v) is 7.03. The maximum atomic E-state index is 12.3. The number of aromatic nitrogens is 1. The van der Waals surface area contributed by atoms with E-state index < -0.39 is 24.0 Å². The lowest BCUT2D eigenvalue weighted by Gasteiger charge is -2.19. The lowest BCUT2D eigenvalue weighted by Crippen LogP contribution is -2.49. The molecular formula is C17H22ClN3O3S. The number of fused-ring (bicyclic) bond motifs is 1. The molecule has 6 nitrogen and oxygen atoms in total. The molecule has 1 aromatic carbocycles. The Morgan fingerprint density at radius 3 is 2.68 bits per heavy atom. The van der Waals surface area contributed by atoms with Crippen LogP contribution in [0.4, 0.5) is 0 Å². The number of carbonyl (C=O) groups excluding carboxylic acids is 1. The summed E-state index contributed by atoms with van der Waals surface area (Å²) < 4.78 is 1.95. The third-order valence-electron chi connectivity index (χ3n) is 4.08. The minimum Gasteiger partial charge on any atom is -0.480 e. The summed E-state index contributed by atoms with van der Waals surface area (Å²) in [5.74, 6) is -0.727. The molecule has 8 heteroatoms. The number of halogens is 1. The Labute approximate surface area is 156 Å². The molecule has 136 valence electrons. The zero-order chi connectivity index (χ0) is 18.4. The fourth-order valence-corrected chi connectivity index (χ4v) is 3.43. The van der Waals surface area contributed by atoms with Crippen molar-refractivity contribution in [1.82, 2.24) is 14.7 Å². The Bertz CT molecular complexity index is 750. The number of carboxylic acids is 1. The van der Waals surface area contributed by atoms with Crippen LogP contribution in [0.25, 0.3) is 10.9 Å². The molecule has 3 N–H and O–H groups in total. The number of hydrogen-bond donors (Lipinski definition) is 3. The van der Waals surface area contributed by atoms with Gasteiger partial charge >= 0.3 is 5.97 Å². The Morgan fingerprint density at radius 2 is 2.04 bits per heavy atom. The Morgan fingerprint density at radius 1 is 1.32 bits per heavy atom. The highest BCUT2D eigenvalue weighted by molar-refractivity contribution is 7.98. The molecule has 0 aliphatic heterocycles. The Kier molecular flexibility index (Phi) is 7.16. The maximum absolute atomic E-state index is 12.3. The van der Waals surface area contributed by atoms with Crippen molar-refractivity contribution in [2.45, 2.75) is 24.9 Å². The van der Waals surface area contributed by atoms with Crippen LogP contribution in [0.3, 0.4) is 0 Å². The van der Waals surface area contributed by atoms with Gasteiger partial charge in [0.2, 0.25) is 5.91 Å². The first kappa shape index (κ1) is 19.6. The van der Waals surface area contributed by atoms with Gasteiger partial charge < -0.3 is 15.0 Å². The summed E-state index contributed by atoms with van der Waals surface area (Å²) >= 11 is 7.23. The fraction of sp³-hybridized carbons (Fsp3) is 0.412. The summed E-state index contributed by atoms with van der Waals surface area (Å²) in [6, 6.07) is 6.14. The zero-order valence-electron chi connectivity index (χ0n) is 14.2. The Balaban J connectivity index is 2.15. The highest BCUT2D eigenvalue weighted by atomic mass is 35.5. The zero-order valence-corrected chi connectivity index (χ0v) is 15.7. The summed E-state index contributed by atoms with van der Waals surface area (Å²) in [7, 11) is 1.91. The minimum absolute atomic E-state index is 0.208. The van der Waals surface area contributed by atoms with Gasteiger partial charge in [-0.3, -0.25) is 4.79 Å². The number of thioether (sulfide) groups is 1. The molecule has 2 atom stereocenters. The number of aryl methyl sites for hydroxylation is 1. The van der Waals surface area contributed by atoms with E-state index >= 15 is 0 Å². The summed E-state index contributed by atoms with van der Waals surface area (Å²) in [5, 5.41) is 13.1. The monoisotopic (exact) mass is 383 g/mol. The average molecular weight is 384 g/mol. The molecule has 0 fully saturated rings. The summed E-state index contributed by atoms with van der Waals surface area (Å²) in [4.78, 5) is 26.4. The van der Waals surface area contributed by atoms with Crippen molar-refractivity contribution in [3.8, 4) is 0 Å². The van der Waals surface area contributed by atoms with E-state index in [1.807, 2.05) is 48.3 Å². The lowest BCUT2D eigenvalue weighted by atomic mass is 10.0. The van der Waals surface area contributed by atoms with Gasteiger partial charge in [-0.15, -0.1) is 0 Å². The van der Waals surface area contributed by atoms with Crippen LogP contribution in [0.2, 0.25) is 0 Å². The molecule has 0 saturated carbocycles. The molecule has 1 amide bonds. The van der Waals surface area contributed by atoms with Crippen molar-refractivity contribution in [1.29, 1.82) is 0 Å². The van der Waals surface area contributed by atoms with Crippen LogP contribution in [-0.4, -0.2) is 45.6 Å². The van der Waals surface area contributed by atoms with Gasteiger partial charge in [0.05, 0.1) is 0 Å². The smallest absolute Gasteiger partial charge is 0.326 e. The van der Waals surface area contributed by atoms with E-state index in [4.69, 9.17) is 11.8 Å². The molecule has 1 aromatic heterocycles. The highest BCUT2D eigenvalue weighted by Gasteiger charge is 2.26. The van der Waals surface area contributed by atoms with Crippen molar-refractivity contribution in [2.24, 2.45) is 7.05 Å². The number of para-hydroxylation sites is 1. The first-order chi connectivity index (χ1) is 12.0. The van der Waals surface area contributed by atoms with Crippen LogP contribution in [-0.2, 0) is 23.1 Å². The second kappa shape index (κ2) is 9.12. The molecule has 0 radical (unpaired) electrons.